The van der Waals surface area contributed by atoms with Crippen molar-refractivity contribution < 1.29 is 0 Å². The fourth-order valence-corrected chi connectivity index (χ4v) is 2.63. The van der Waals surface area contributed by atoms with Gasteiger partial charge in [0.1, 0.15) is 5.82 Å². The second kappa shape index (κ2) is 5.41. The predicted octanol–water partition coefficient (Wildman–Crippen LogP) is 4.16. The summed E-state index contributed by atoms with van der Waals surface area (Å²) in [4.78, 5) is 4.73. The largest absolute Gasteiger partial charge is 0.324 e. The third kappa shape index (κ3) is 2.30. The first-order valence-electron chi connectivity index (χ1n) is 7.26. The summed E-state index contributed by atoms with van der Waals surface area (Å²) in [5.74, 6) is 0.963. The Morgan fingerprint density at radius 2 is 1.86 bits per heavy atom. The Hall–Kier alpha value is -2.60. The average Bonchev–Trinajstić information content (AvgIpc) is 2.92. The molecule has 3 rings (SSSR count). The molecule has 0 bridgehead atoms. The van der Waals surface area contributed by atoms with Crippen molar-refractivity contribution in [2.75, 3.05) is 0 Å². The first-order valence-corrected chi connectivity index (χ1v) is 7.26. The van der Waals surface area contributed by atoms with Crippen LogP contribution in [-0.4, -0.2) is 9.55 Å². The molecular formula is C18H17N3. The van der Waals surface area contributed by atoms with E-state index >= 15 is 0 Å². The van der Waals surface area contributed by atoms with Crippen LogP contribution in [0.4, 0.5) is 0 Å². The van der Waals surface area contributed by atoms with Crippen LogP contribution in [0.15, 0.2) is 42.5 Å². The molecule has 3 heteroatoms. The Labute approximate surface area is 124 Å². The third-order valence-electron chi connectivity index (χ3n) is 3.81. The number of nitriles is 1. The van der Waals surface area contributed by atoms with Gasteiger partial charge in [-0.15, -0.1) is 0 Å². The Bertz CT molecular complexity index is 820. The minimum absolute atomic E-state index is 0.649. The van der Waals surface area contributed by atoms with Gasteiger partial charge >= 0.3 is 0 Å². The van der Waals surface area contributed by atoms with E-state index in [1.165, 1.54) is 5.56 Å². The molecule has 0 aliphatic carbocycles. The zero-order chi connectivity index (χ0) is 14.8. The van der Waals surface area contributed by atoms with Gasteiger partial charge in [0.05, 0.1) is 22.7 Å². The predicted molar refractivity (Wildman–Crippen MR) is 84.9 cm³/mol. The summed E-state index contributed by atoms with van der Waals surface area (Å²) in [5, 5.41) is 9.02. The molecule has 0 saturated heterocycles. The monoisotopic (exact) mass is 275 g/mol. The van der Waals surface area contributed by atoms with Crippen molar-refractivity contribution in [2.24, 2.45) is 0 Å². The lowest BCUT2D eigenvalue weighted by atomic mass is 10.1. The lowest BCUT2D eigenvalue weighted by Crippen LogP contribution is -1.97. The van der Waals surface area contributed by atoms with Gasteiger partial charge in [0.25, 0.3) is 0 Å². The molecule has 0 atom stereocenters. The maximum absolute atomic E-state index is 9.02. The molecule has 0 amide bonds. The fourth-order valence-electron chi connectivity index (χ4n) is 2.63. The van der Waals surface area contributed by atoms with Crippen LogP contribution >= 0.6 is 0 Å². The zero-order valence-corrected chi connectivity index (χ0v) is 12.3. The van der Waals surface area contributed by atoms with Gasteiger partial charge in [-0.25, -0.2) is 4.98 Å². The highest BCUT2D eigenvalue weighted by Crippen LogP contribution is 2.25. The summed E-state index contributed by atoms with van der Waals surface area (Å²) in [6, 6.07) is 16.4. The van der Waals surface area contributed by atoms with Gasteiger partial charge in [-0.1, -0.05) is 31.2 Å². The van der Waals surface area contributed by atoms with Gasteiger partial charge in [0, 0.05) is 12.1 Å². The van der Waals surface area contributed by atoms with Crippen molar-refractivity contribution in [3.63, 3.8) is 0 Å². The van der Waals surface area contributed by atoms with Crippen molar-refractivity contribution in [2.45, 2.75) is 26.8 Å². The topological polar surface area (TPSA) is 41.6 Å². The number of fused-ring (bicyclic) bond motifs is 1. The number of imidazole rings is 1. The van der Waals surface area contributed by atoms with Crippen LogP contribution in [0.5, 0.6) is 0 Å². The van der Waals surface area contributed by atoms with E-state index < -0.39 is 0 Å². The lowest BCUT2D eigenvalue weighted by Gasteiger charge is -2.06. The minimum atomic E-state index is 0.649. The fraction of sp³-hybridized carbons (Fsp3) is 0.222. The van der Waals surface area contributed by atoms with Gasteiger partial charge in [-0.05, 0) is 37.1 Å². The molecule has 1 aromatic heterocycles. The molecule has 0 saturated carbocycles. The Balaban J connectivity index is 2.18. The summed E-state index contributed by atoms with van der Waals surface area (Å²) in [6.45, 7) is 5.12. The molecular weight excluding hydrogens is 258 g/mol. The maximum atomic E-state index is 9.02. The van der Waals surface area contributed by atoms with Crippen LogP contribution in [0.2, 0.25) is 0 Å². The number of hydrogen-bond donors (Lipinski definition) is 0. The number of benzene rings is 2. The van der Waals surface area contributed by atoms with Crippen molar-refractivity contribution in [1.29, 1.82) is 5.26 Å². The summed E-state index contributed by atoms with van der Waals surface area (Å²) in [6.07, 6.45) is 1.04. The Kier molecular flexibility index (Phi) is 3.45. The highest BCUT2D eigenvalue weighted by atomic mass is 15.1. The van der Waals surface area contributed by atoms with E-state index in [9.17, 15) is 0 Å². The number of nitrogens with zero attached hydrogens (tertiary/aromatic N) is 3. The van der Waals surface area contributed by atoms with Crippen molar-refractivity contribution in [1.82, 2.24) is 9.55 Å². The van der Waals surface area contributed by atoms with E-state index in [1.54, 1.807) is 0 Å². The lowest BCUT2D eigenvalue weighted by molar-refractivity contribution is 0.796. The highest BCUT2D eigenvalue weighted by molar-refractivity contribution is 5.82. The first-order chi connectivity index (χ1) is 10.3. The molecule has 0 spiro atoms. The second-order valence-electron chi connectivity index (χ2n) is 5.05. The smallest absolute Gasteiger partial charge is 0.141 e. The molecule has 0 aliphatic heterocycles. The van der Waals surface area contributed by atoms with Gasteiger partial charge in [0.2, 0.25) is 0 Å². The van der Waals surface area contributed by atoms with E-state index in [0.717, 1.165) is 35.4 Å². The molecule has 0 fully saturated rings. The first kappa shape index (κ1) is 13.4. The number of aromatic nitrogens is 2. The Morgan fingerprint density at radius 1 is 1.10 bits per heavy atom. The van der Waals surface area contributed by atoms with E-state index in [2.05, 4.69) is 48.7 Å². The van der Waals surface area contributed by atoms with Crippen LogP contribution in [0, 0.1) is 11.3 Å². The van der Waals surface area contributed by atoms with E-state index in [-0.39, 0.29) is 0 Å². The SMILES string of the molecule is CCc1ccc(-c2nc3cc(C#N)ccc3n2CC)cc1. The summed E-state index contributed by atoms with van der Waals surface area (Å²) in [5.41, 5.74) is 5.04. The number of hydrogen-bond acceptors (Lipinski definition) is 2. The van der Waals surface area contributed by atoms with Crippen LogP contribution in [0.25, 0.3) is 22.4 Å². The quantitative estimate of drug-likeness (QED) is 0.720. The van der Waals surface area contributed by atoms with Gasteiger partial charge in [0.15, 0.2) is 0 Å². The number of rotatable bonds is 3. The molecule has 0 radical (unpaired) electrons. The molecule has 0 unspecified atom stereocenters. The molecule has 2 aromatic carbocycles. The normalized spacial score (nSPS) is 10.7. The highest BCUT2D eigenvalue weighted by Gasteiger charge is 2.11. The summed E-state index contributed by atoms with van der Waals surface area (Å²) in [7, 11) is 0. The van der Waals surface area contributed by atoms with Crippen LogP contribution in [0.3, 0.4) is 0 Å². The number of aryl methyl sites for hydroxylation is 2. The van der Waals surface area contributed by atoms with Crippen LogP contribution in [0.1, 0.15) is 25.0 Å². The molecule has 3 nitrogen and oxygen atoms in total. The maximum Gasteiger partial charge on any atom is 0.141 e. The Morgan fingerprint density at radius 3 is 2.48 bits per heavy atom. The van der Waals surface area contributed by atoms with Crippen molar-refractivity contribution >= 4 is 11.0 Å². The van der Waals surface area contributed by atoms with Gasteiger partial charge in [-0.3, -0.25) is 0 Å². The minimum Gasteiger partial charge on any atom is -0.324 e. The second-order valence-corrected chi connectivity index (χ2v) is 5.05. The standard InChI is InChI=1S/C18H17N3/c1-3-13-5-8-15(9-6-13)18-20-16-11-14(12-19)7-10-17(16)21(18)4-2/h5-11H,3-4H2,1-2H3. The van der Waals surface area contributed by atoms with Gasteiger partial charge < -0.3 is 4.57 Å². The summed E-state index contributed by atoms with van der Waals surface area (Å²) < 4.78 is 2.19. The van der Waals surface area contributed by atoms with Crippen molar-refractivity contribution in [3.8, 4) is 17.5 Å². The molecule has 21 heavy (non-hydrogen) atoms. The molecule has 3 aromatic rings. The third-order valence-corrected chi connectivity index (χ3v) is 3.81. The van der Waals surface area contributed by atoms with Crippen LogP contribution in [-0.2, 0) is 13.0 Å². The van der Waals surface area contributed by atoms with Gasteiger partial charge in [-0.2, -0.15) is 5.26 Å². The van der Waals surface area contributed by atoms with Crippen LogP contribution < -0.4 is 0 Å². The zero-order valence-electron chi connectivity index (χ0n) is 12.3. The molecule has 1 heterocycles. The molecule has 104 valence electrons. The molecule has 0 aliphatic rings. The van der Waals surface area contributed by atoms with Crippen molar-refractivity contribution in [3.05, 3.63) is 53.6 Å². The van der Waals surface area contributed by atoms with E-state index in [4.69, 9.17) is 10.2 Å². The summed E-state index contributed by atoms with van der Waals surface area (Å²) >= 11 is 0. The average molecular weight is 275 g/mol. The molecule has 0 N–H and O–H groups in total. The van der Waals surface area contributed by atoms with E-state index in [1.807, 2.05) is 18.2 Å². The van der Waals surface area contributed by atoms with E-state index in [0.29, 0.717) is 5.56 Å².